The smallest absolute Gasteiger partial charge is 0.339 e. The predicted octanol–water partition coefficient (Wildman–Crippen LogP) is 2.57. The minimum atomic E-state index is -0.958. The molecule has 2 aromatic carbocycles. The Morgan fingerprint density at radius 1 is 0.963 bits per heavy atom. The van der Waals surface area contributed by atoms with E-state index in [9.17, 15) is 9.59 Å². The Balaban J connectivity index is 2.04. The van der Waals surface area contributed by atoms with E-state index in [0.29, 0.717) is 23.8 Å². The second-order valence-corrected chi connectivity index (χ2v) is 5.66. The highest BCUT2D eigenvalue weighted by Crippen LogP contribution is 2.38. The Hall–Kier alpha value is -3.22. The third kappa shape index (κ3) is 5.13. The summed E-state index contributed by atoms with van der Waals surface area (Å²) in [6.07, 6.45) is -0.958. The molecule has 1 atom stereocenters. The summed E-state index contributed by atoms with van der Waals surface area (Å²) in [5.41, 5.74) is 1.14. The van der Waals surface area contributed by atoms with Crippen LogP contribution in [-0.2, 0) is 16.1 Å². The number of hydrogen-bond acceptors (Lipinski definition) is 6. The first-order valence-electron chi connectivity index (χ1n) is 8.32. The summed E-state index contributed by atoms with van der Waals surface area (Å²) in [5, 5.41) is 2.73. The van der Waals surface area contributed by atoms with Gasteiger partial charge in [-0.05, 0) is 24.6 Å². The maximum atomic E-state index is 12.4. The van der Waals surface area contributed by atoms with Gasteiger partial charge in [0.2, 0.25) is 5.75 Å². The van der Waals surface area contributed by atoms with Crippen molar-refractivity contribution in [3.63, 3.8) is 0 Å². The third-order valence-corrected chi connectivity index (χ3v) is 3.86. The zero-order chi connectivity index (χ0) is 19.8. The summed E-state index contributed by atoms with van der Waals surface area (Å²) in [6.45, 7) is 1.86. The number of methoxy groups -OCH3 is 3. The number of carbonyl (C=O) groups excluding carboxylic acids is 2. The summed E-state index contributed by atoms with van der Waals surface area (Å²) in [6, 6.07) is 12.4. The van der Waals surface area contributed by atoms with Crippen molar-refractivity contribution in [1.29, 1.82) is 0 Å². The van der Waals surface area contributed by atoms with E-state index in [1.54, 1.807) is 0 Å². The third-order valence-electron chi connectivity index (χ3n) is 3.86. The van der Waals surface area contributed by atoms with Gasteiger partial charge in [-0.15, -0.1) is 0 Å². The molecule has 2 aromatic rings. The van der Waals surface area contributed by atoms with Crippen molar-refractivity contribution >= 4 is 11.9 Å². The maximum Gasteiger partial charge on any atom is 0.339 e. The van der Waals surface area contributed by atoms with E-state index in [-0.39, 0.29) is 11.5 Å². The molecule has 0 aliphatic rings. The zero-order valence-electron chi connectivity index (χ0n) is 15.8. The average molecular weight is 373 g/mol. The molecule has 7 heteroatoms. The van der Waals surface area contributed by atoms with Gasteiger partial charge in [-0.3, -0.25) is 4.79 Å². The number of nitrogens with one attached hydrogen (secondary N) is 1. The molecule has 0 unspecified atom stereocenters. The topological polar surface area (TPSA) is 83.1 Å². The Morgan fingerprint density at radius 2 is 1.56 bits per heavy atom. The van der Waals surface area contributed by atoms with Crippen LogP contribution in [0.4, 0.5) is 0 Å². The van der Waals surface area contributed by atoms with E-state index in [2.05, 4.69) is 5.32 Å². The van der Waals surface area contributed by atoms with Gasteiger partial charge < -0.3 is 24.3 Å². The highest BCUT2D eigenvalue weighted by atomic mass is 16.5. The monoisotopic (exact) mass is 373 g/mol. The molecule has 7 nitrogen and oxygen atoms in total. The fraction of sp³-hybridized carbons (Fsp3) is 0.300. The van der Waals surface area contributed by atoms with Crippen LogP contribution in [0.15, 0.2) is 42.5 Å². The van der Waals surface area contributed by atoms with Crippen molar-refractivity contribution in [1.82, 2.24) is 5.32 Å². The van der Waals surface area contributed by atoms with E-state index >= 15 is 0 Å². The van der Waals surface area contributed by atoms with E-state index in [4.69, 9.17) is 18.9 Å². The van der Waals surface area contributed by atoms with Crippen molar-refractivity contribution in [2.24, 2.45) is 0 Å². The van der Waals surface area contributed by atoms with Crippen LogP contribution in [0.25, 0.3) is 0 Å². The van der Waals surface area contributed by atoms with Gasteiger partial charge in [0.1, 0.15) is 0 Å². The van der Waals surface area contributed by atoms with Gasteiger partial charge in [-0.1, -0.05) is 30.3 Å². The molecule has 1 N–H and O–H groups in total. The molecule has 1 amide bonds. The van der Waals surface area contributed by atoms with Crippen LogP contribution >= 0.6 is 0 Å². The minimum Gasteiger partial charge on any atom is -0.493 e. The lowest BCUT2D eigenvalue weighted by Gasteiger charge is -2.16. The molecule has 0 fully saturated rings. The summed E-state index contributed by atoms with van der Waals surface area (Å²) >= 11 is 0. The van der Waals surface area contributed by atoms with Crippen LogP contribution in [-0.4, -0.2) is 39.3 Å². The largest absolute Gasteiger partial charge is 0.493 e. The molecule has 0 saturated heterocycles. The highest BCUT2D eigenvalue weighted by Gasteiger charge is 2.22. The van der Waals surface area contributed by atoms with Crippen molar-refractivity contribution in [2.45, 2.75) is 19.6 Å². The van der Waals surface area contributed by atoms with Gasteiger partial charge in [0.25, 0.3) is 5.91 Å². The second-order valence-electron chi connectivity index (χ2n) is 5.66. The molecule has 144 valence electrons. The van der Waals surface area contributed by atoms with Gasteiger partial charge >= 0.3 is 5.97 Å². The number of rotatable bonds is 8. The van der Waals surface area contributed by atoms with Crippen molar-refractivity contribution in [3.05, 3.63) is 53.6 Å². The summed E-state index contributed by atoms with van der Waals surface area (Å²) in [5.74, 6) is -0.0450. The molecular formula is C20H23NO6. The molecule has 0 radical (unpaired) electrons. The first-order chi connectivity index (χ1) is 13.0. The number of hydrogen-bond donors (Lipinski definition) is 1. The first-order valence-corrected chi connectivity index (χ1v) is 8.32. The molecule has 2 rings (SSSR count). The van der Waals surface area contributed by atoms with Gasteiger partial charge in [0, 0.05) is 6.54 Å². The Kier molecular flexibility index (Phi) is 7.05. The normalized spacial score (nSPS) is 11.3. The van der Waals surface area contributed by atoms with E-state index in [1.165, 1.54) is 40.4 Å². The molecule has 0 saturated carbocycles. The number of benzene rings is 2. The van der Waals surface area contributed by atoms with Crippen LogP contribution in [0.5, 0.6) is 17.2 Å². The average Bonchev–Trinajstić information content (AvgIpc) is 2.71. The Morgan fingerprint density at radius 3 is 2.07 bits per heavy atom. The molecule has 0 aliphatic heterocycles. The lowest BCUT2D eigenvalue weighted by atomic mass is 10.2. The molecule has 0 aromatic heterocycles. The molecule has 0 spiro atoms. The summed E-state index contributed by atoms with van der Waals surface area (Å²) in [4.78, 5) is 24.6. The maximum absolute atomic E-state index is 12.4. The molecule has 0 aliphatic carbocycles. The van der Waals surface area contributed by atoms with E-state index < -0.39 is 12.1 Å². The van der Waals surface area contributed by atoms with E-state index in [0.717, 1.165) is 5.56 Å². The number of carbonyl (C=O) groups is 2. The van der Waals surface area contributed by atoms with Gasteiger partial charge in [0.05, 0.1) is 26.9 Å². The van der Waals surface area contributed by atoms with E-state index in [1.807, 2.05) is 30.3 Å². The Labute approximate surface area is 158 Å². The quantitative estimate of drug-likeness (QED) is 0.716. The Bertz CT molecular complexity index is 765. The van der Waals surface area contributed by atoms with Gasteiger partial charge in [-0.25, -0.2) is 4.79 Å². The highest BCUT2D eigenvalue weighted by molar-refractivity contribution is 5.93. The van der Waals surface area contributed by atoms with Gasteiger partial charge in [0.15, 0.2) is 17.6 Å². The fourth-order valence-electron chi connectivity index (χ4n) is 2.41. The number of esters is 1. The lowest BCUT2D eigenvalue weighted by Crippen LogP contribution is -2.35. The molecule has 27 heavy (non-hydrogen) atoms. The van der Waals surface area contributed by atoms with Crippen molar-refractivity contribution < 1.29 is 28.5 Å². The SMILES string of the molecule is COc1cc(C(=O)O[C@H](C)C(=O)NCc2ccccc2)cc(OC)c1OC. The minimum absolute atomic E-state index is 0.187. The number of ether oxygens (including phenoxy) is 4. The first kappa shape index (κ1) is 20.1. The van der Waals surface area contributed by atoms with Crippen LogP contribution in [0.1, 0.15) is 22.8 Å². The molecular weight excluding hydrogens is 350 g/mol. The van der Waals surface area contributed by atoms with Gasteiger partial charge in [-0.2, -0.15) is 0 Å². The standard InChI is InChI=1S/C20H23NO6/c1-13(19(22)21-12-14-8-6-5-7-9-14)27-20(23)15-10-16(24-2)18(26-4)17(11-15)25-3/h5-11,13H,12H2,1-4H3,(H,21,22)/t13-/m1/s1. The van der Waals surface area contributed by atoms with Crippen molar-refractivity contribution in [2.75, 3.05) is 21.3 Å². The van der Waals surface area contributed by atoms with Crippen LogP contribution in [0.2, 0.25) is 0 Å². The summed E-state index contributed by atoms with van der Waals surface area (Å²) < 4.78 is 20.9. The fourth-order valence-corrected chi connectivity index (χ4v) is 2.41. The van der Waals surface area contributed by atoms with Crippen LogP contribution in [0.3, 0.4) is 0 Å². The zero-order valence-corrected chi connectivity index (χ0v) is 15.8. The lowest BCUT2D eigenvalue weighted by molar-refractivity contribution is -0.129. The predicted molar refractivity (Wildman–Crippen MR) is 99.3 cm³/mol. The van der Waals surface area contributed by atoms with Crippen LogP contribution in [0, 0.1) is 0 Å². The molecule has 0 bridgehead atoms. The number of amides is 1. The molecule has 0 heterocycles. The second kappa shape index (κ2) is 9.47. The van der Waals surface area contributed by atoms with Crippen LogP contribution < -0.4 is 19.5 Å². The van der Waals surface area contributed by atoms with Crippen molar-refractivity contribution in [3.8, 4) is 17.2 Å². The summed E-state index contributed by atoms with van der Waals surface area (Å²) in [7, 11) is 4.37.